The van der Waals surface area contributed by atoms with Crippen molar-refractivity contribution in [3.8, 4) is 0 Å². The maximum Gasteiger partial charge on any atom is 0.0234 e. The first-order valence-corrected chi connectivity index (χ1v) is 8.71. The molecule has 0 unspecified atom stereocenters. The Hall–Kier alpha value is -0.0900. The summed E-state index contributed by atoms with van der Waals surface area (Å²) in [6.45, 7) is 6.95. The number of piperidine rings is 1. The van der Waals surface area contributed by atoms with Crippen molar-refractivity contribution in [3.63, 3.8) is 0 Å². The van der Waals surface area contributed by atoms with Crippen LogP contribution in [0.1, 0.15) is 36.8 Å². The van der Waals surface area contributed by atoms with Crippen LogP contribution in [0.5, 0.6) is 0 Å². The van der Waals surface area contributed by atoms with Crippen LogP contribution in [0.4, 0.5) is 0 Å². The maximum atomic E-state index is 3.75. The van der Waals surface area contributed by atoms with E-state index in [1.165, 1.54) is 60.9 Å². The molecule has 1 aliphatic heterocycles. The quantitative estimate of drug-likeness (QED) is 0.834. The molecule has 3 rings (SSSR count). The van der Waals surface area contributed by atoms with Crippen molar-refractivity contribution in [3.05, 3.63) is 33.8 Å². The lowest BCUT2D eigenvalue weighted by Crippen LogP contribution is -2.42. The van der Waals surface area contributed by atoms with E-state index in [4.69, 9.17) is 0 Å². The van der Waals surface area contributed by atoms with Gasteiger partial charge >= 0.3 is 0 Å². The first-order valence-electron chi connectivity index (χ1n) is 7.91. The Kier molecular flexibility index (Phi) is 6.54. The van der Waals surface area contributed by atoms with Crippen molar-refractivity contribution in [2.75, 3.05) is 19.6 Å². The molecule has 1 aromatic carbocycles. The highest BCUT2D eigenvalue weighted by atomic mass is 79.9. The van der Waals surface area contributed by atoms with Gasteiger partial charge in [0.15, 0.2) is 0 Å². The van der Waals surface area contributed by atoms with Crippen molar-refractivity contribution in [1.82, 2.24) is 10.2 Å². The molecular weight excluding hydrogens is 348 g/mol. The Morgan fingerprint density at radius 1 is 1.19 bits per heavy atom. The maximum absolute atomic E-state index is 3.75. The fourth-order valence-electron chi connectivity index (χ4n) is 2.94. The van der Waals surface area contributed by atoms with Crippen LogP contribution in [0.15, 0.2) is 22.7 Å². The summed E-state index contributed by atoms with van der Waals surface area (Å²) in [6, 6.07) is 7.50. The van der Waals surface area contributed by atoms with Gasteiger partial charge in [0, 0.05) is 17.1 Å². The van der Waals surface area contributed by atoms with Crippen molar-refractivity contribution >= 4 is 28.3 Å². The Labute approximate surface area is 143 Å². The molecule has 2 aliphatic rings. The Morgan fingerprint density at radius 3 is 2.52 bits per heavy atom. The zero-order chi connectivity index (χ0) is 13.9. The molecule has 1 aliphatic carbocycles. The molecule has 4 heteroatoms. The summed E-state index contributed by atoms with van der Waals surface area (Å²) in [5, 5.41) is 3.75. The van der Waals surface area contributed by atoms with Gasteiger partial charge in [-0.25, -0.2) is 0 Å². The van der Waals surface area contributed by atoms with E-state index < -0.39 is 0 Å². The topological polar surface area (TPSA) is 15.3 Å². The summed E-state index contributed by atoms with van der Waals surface area (Å²) >= 11 is 3.63. The summed E-state index contributed by atoms with van der Waals surface area (Å²) in [5.74, 6) is 0.998. The van der Waals surface area contributed by atoms with Crippen LogP contribution < -0.4 is 5.32 Å². The number of aryl methyl sites for hydroxylation is 1. The van der Waals surface area contributed by atoms with E-state index in [9.17, 15) is 0 Å². The van der Waals surface area contributed by atoms with Crippen molar-refractivity contribution in [2.45, 2.75) is 45.2 Å². The number of nitrogens with one attached hydrogen (secondary N) is 1. The van der Waals surface area contributed by atoms with Crippen LogP contribution >= 0.6 is 28.3 Å². The highest BCUT2D eigenvalue weighted by molar-refractivity contribution is 9.10. The summed E-state index contributed by atoms with van der Waals surface area (Å²) < 4.78 is 1.23. The Morgan fingerprint density at radius 2 is 1.90 bits per heavy atom. The zero-order valence-corrected chi connectivity index (χ0v) is 15.2. The lowest BCUT2D eigenvalue weighted by molar-refractivity contribution is 0.190. The predicted molar refractivity (Wildman–Crippen MR) is 95.2 cm³/mol. The van der Waals surface area contributed by atoms with Gasteiger partial charge in [0.2, 0.25) is 0 Å². The van der Waals surface area contributed by atoms with E-state index in [1.807, 2.05) is 0 Å². The standard InChI is InChI=1S/C17H25BrN2.ClH/c1-13-2-3-15(10-17(13)18)12-20-8-6-16(7-9-20)19-11-14-4-5-14;/h2-3,10,14,16,19H,4-9,11-12H2,1H3;1H. The molecule has 1 aromatic rings. The number of likely N-dealkylation sites (tertiary alicyclic amines) is 1. The van der Waals surface area contributed by atoms with Gasteiger partial charge < -0.3 is 5.32 Å². The number of benzene rings is 1. The van der Waals surface area contributed by atoms with E-state index in [0.29, 0.717) is 0 Å². The van der Waals surface area contributed by atoms with E-state index in [0.717, 1.165) is 18.5 Å². The van der Waals surface area contributed by atoms with Gasteiger partial charge in [-0.2, -0.15) is 0 Å². The van der Waals surface area contributed by atoms with E-state index in [2.05, 4.69) is 51.3 Å². The van der Waals surface area contributed by atoms with Gasteiger partial charge in [-0.05, 0) is 75.4 Å². The molecule has 0 bridgehead atoms. The van der Waals surface area contributed by atoms with E-state index in [-0.39, 0.29) is 12.4 Å². The summed E-state index contributed by atoms with van der Waals surface area (Å²) in [5.41, 5.74) is 2.74. The molecule has 1 N–H and O–H groups in total. The molecule has 2 nitrogen and oxygen atoms in total. The second-order valence-corrected chi connectivity index (χ2v) is 7.34. The van der Waals surface area contributed by atoms with Gasteiger partial charge in [0.1, 0.15) is 0 Å². The third-order valence-electron chi connectivity index (χ3n) is 4.62. The third-order valence-corrected chi connectivity index (χ3v) is 5.48. The lowest BCUT2D eigenvalue weighted by atomic mass is 10.0. The molecule has 21 heavy (non-hydrogen) atoms. The van der Waals surface area contributed by atoms with Crippen molar-refractivity contribution in [2.24, 2.45) is 5.92 Å². The van der Waals surface area contributed by atoms with Gasteiger partial charge in [0.05, 0.1) is 0 Å². The molecule has 0 atom stereocenters. The van der Waals surface area contributed by atoms with E-state index in [1.54, 1.807) is 0 Å². The number of halogens is 2. The van der Waals surface area contributed by atoms with Gasteiger partial charge in [-0.3, -0.25) is 4.90 Å². The lowest BCUT2D eigenvalue weighted by Gasteiger charge is -2.32. The molecule has 1 saturated heterocycles. The predicted octanol–water partition coefficient (Wildman–Crippen LogP) is 4.14. The van der Waals surface area contributed by atoms with Crippen LogP contribution in [-0.2, 0) is 6.54 Å². The minimum Gasteiger partial charge on any atom is -0.314 e. The third kappa shape index (κ3) is 5.24. The summed E-state index contributed by atoms with van der Waals surface area (Å²) in [6.07, 6.45) is 5.52. The molecule has 1 heterocycles. The highest BCUT2D eigenvalue weighted by Crippen LogP contribution is 2.28. The number of hydrogen-bond donors (Lipinski definition) is 1. The number of nitrogens with zero attached hydrogens (tertiary/aromatic N) is 1. The second kappa shape index (κ2) is 7.96. The fourth-order valence-corrected chi connectivity index (χ4v) is 3.37. The van der Waals surface area contributed by atoms with Crippen molar-refractivity contribution < 1.29 is 0 Å². The van der Waals surface area contributed by atoms with Crippen LogP contribution in [-0.4, -0.2) is 30.6 Å². The van der Waals surface area contributed by atoms with Gasteiger partial charge in [-0.1, -0.05) is 28.1 Å². The van der Waals surface area contributed by atoms with Gasteiger partial charge in [-0.15, -0.1) is 12.4 Å². The van der Waals surface area contributed by atoms with Crippen LogP contribution in [0.25, 0.3) is 0 Å². The van der Waals surface area contributed by atoms with Crippen molar-refractivity contribution in [1.29, 1.82) is 0 Å². The summed E-state index contributed by atoms with van der Waals surface area (Å²) in [4.78, 5) is 2.59. The second-order valence-electron chi connectivity index (χ2n) is 6.49. The summed E-state index contributed by atoms with van der Waals surface area (Å²) in [7, 11) is 0. The first kappa shape index (κ1) is 17.3. The largest absolute Gasteiger partial charge is 0.314 e. The molecular formula is C17H26BrClN2. The zero-order valence-electron chi connectivity index (χ0n) is 12.8. The molecule has 0 radical (unpaired) electrons. The molecule has 0 spiro atoms. The molecule has 2 fully saturated rings. The number of rotatable bonds is 5. The highest BCUT2D eigenvalue weighted by Gasteiger charge is 2.24. The average Bonchev–Trinajstić information content (AvgIpc) is 3.26. The van der Waals surface area contributed by atoms with Crippen LogP contribution in [0.3, 0.4) is 0 Å². The normalized spacial score (nSPS) is 20.3. The van der Waals surface area contributed by atoms with Gasteiger partial charge in [0.25, 0.3) is 0 Å². The Bertz CT molecular complexity index is 454. The monoisotopic (exact) mass is 372 g/mol. The van der Waals surface area contributed by atoms with E-state index >= 15 is 0 Å². The minimum absolute atomic E-state index is 0. The molecule has 0 amide bonds. The minimum atomic E-state index is 0. The van der Waals surface area contributed by atoms with Crippen LogP contribution in [0, 0.1) is 12.8 Å². The molecule has 1 saturated carbocycles. The average molecular weight is 374 g/mol. The Balaban J connectivity index is 0.00000161. The van der Waals surface area contributed by atoms with Crippen LogP contribution in [0.2, 0.25) is 0 Å². The first-order chi connectivity index (χ1) is 9.70. The fraction of sp³-hybridized carbons (Fsp3) is 0.647. The molecule has 0 aromatic heterocycles. The smallest absolute Gasteiger partial charge is 0.0234 e. The SMILES string of the molecule is Cc1ccc(CN2CCC(NCC3CC3)CC2)cc1Br.Cl. The molecule has 118 valence electrons. The number of hydrogen-bond acceptors (Lipinski definition) is 2.